The average Bonchev–Trinajstić information content (AvgIpc) is 4.02. The number of benzene rings is 2. The smallest absolute Gasteiger partial charge is 0.246 e. The van der Waals surface area contributed by atoms with Crippen molar-refractivity contribution in [3.63, 3.8) is 0 Å². The second kappa shape index (κ2) is 26.3. The summed E-state index contributed by atoms with van der Waals surface area (Å²) in [5, 5.41) is 18.1. The molecule has 6 N–H and O–H groups in total. The number of likely N-dealkylation sites (N-methyl/N-ethyl adjacent to an activating group) is 2. The van der Waals surface area contributed by atoms with Crippen LogP contribution < -0.4 is 31.9 Å². The number of hydrogen-bond donors (Lipinski definition) is 6. The Morgan fingerprint density at radius 1 is 0.621 bits per heavy atom. The Morgan fingerprint density at radius 3 is 1.52 bits per heavy atom. The molecule has 358 valence electrons. The Kier molecular flexibility index (Phi) is 21.3. The highest BCUT2D eigenvalue weighted by Crippen LogP contribution is 2.32. The molecular weight excluding hydrogens is 880 g/mol. The van der Waals surface area contributed by atoms with E-state index in [0.717, 1.165) is 56.1 Å². The first-order valence-electron chi connectivity index (χ1n) is 23.3. The predicted octanol–water partition coefficient (Wildman–Crippen LogP) is 3.95. The van der Waals surface area contributed by atoms with E-state index in [4.69, 9.17) is 0 Å². The summed E-state index contributed by atoms with van der Waals surface area (Å²) in [4.78, 5) is 85.7. The van der Waals surface area contributed by atoms with E-state index in [1.165, 1.54) is 11.1 Å². The summed E-state index contributed by atoms with van der Waals surface area (Å²) in [6.45, 7) is 4.42. The molecule has 0 saturated carbocycles. The molecule has 1 unspecified atom stereocenters. The second-order valence-corrected chi connectivity index (χ2v) is 17.5. The number of nitrogens with zero attached hydrogens (tertiary/aromatic N) is 2. The zero-order valence-electron chi connectivity index (χ0n) is 38.7. The summed E-state index contributed by atoms with van der Waals surface area (Å²) in [6, 6.07) is 11.5. The van der Waals surface area contributed by atoms with Crippen molar-refractivity contribution in [1.29, 1.82) is 0 Å². The number of likely N-dealkylation sites (tertiary alicyclic amines) is 2. The lowest BCUT2D eigenvalue weighted by atomic mass is 9.87. The van der Waals surface area contributed by atoms with Gasteiger partial charge in [0.1, 0.15) is 24.2 Å². The Hall–Kier alpha value is -5.12. The maximum absolute atomic E-state index is 14.3. The van der Waals surface area contributed by atoms with Crippen LogP contribution in [0.2, 0.25) is 0 Å². The van der Waals surface area contributed by atoms with Crippen molar-refractivity contribution in [2.45, 2.75) is 152 Å². The van der Waals surface area contributed by atoms with Gasteiger partial charge < -0.3 is 41.7 Å². The number of nitrogens with one attached hydrogen (secondary N) is 6. The van der Waals surface area contributed by atoms with Gasteiger partial charge >= 0.3 is 0 Å². The fraction of sp³-hybridized carbons (Fsp3) is 0.560. The van der Waals surface area contributed by atoms with Crippen LogP contribution >= 0.6 is 24.8 Å². The lowest BCUT2D eigenvalue weighted by molar-refractivity contribution is -0.141. The van der Waals surface area contributed by atoms with Gasteiger partial charge in [0.05, 0.1) is 24.2 Å². The van der Waals surface area contributed by atoms with Crippen molar-refractivity contribution < 1.29 is 28.8 Å². The molecule has 2 saturated heterocycles. The highest BCUT2D eigenvalue weighted by Gasteiger charge is 2.40. The number of amides is 6. The Bertz CT molecular complexity index is 2150. The summed E-state index contributed by atoms with van der Waals surface area (Å²) < 4.78 is 0. The van der Waals surface area contributed by atoms with Crippen LogP contribution in [0, 0.1) is 23.7 Å². The molecule has 2 aromatic carbocycles. The minimum absolute atomic E-state index is 0. The van der Waals surface area contributed by atoms with Crippen LogP contribution in [0.25, 0.3) is 0 Å². The Balaban J connectivity index is 0.00000476. The molecule has 6 rings (SSSR count). The highest BCUT2D eigenvalue weighted by atomic mass is 35.5. The van der Waals surface area contributed by atoms with Gasteiger partial charge in [-0.3, -0.25) is 28.8 Å². The third-order valence-electron chi connectivity index (χ3n) is 13.2. The van der Waals surface area contributed by atoms with E-state index < -0.39 is 42.2 Å². The normalized spacial score (nSPS) is 21.2. The number of fused-ring (bicyclic) bond motifs is 2. The van der Waals surface area contributed by atoms with Crippen LogP contribution in [0.3, 0.4) is 0 Å². The summed E-state index contributed by atoms with van der Waals surface area (Å²) in [7, 11) is 3.35. The van der Waals surface area contributed by atoms with E-state index in [1.807, 2.05) is 31.2 Å². The standard InChI is InChI=1S/C50H66N8O6.2ClH/c1-5-18-40(52-4)46(60)56-42(50(64)58-32-17-30-44(58)48(62)54-39-28-15-22-35-20-11-13-24-37(35)39)26-9-7-6-8-25-41(55-45(59)33(2)51-3)49(63)57-31-16-29-43(57)47(61)53-38-27-14-21-34-19-10-12-23-36(34)38;;/h10-13,19-20,23-24,33,38-44,51-52H,5,14-18,21-22,25-32H2,1-4H3,(H,53,61)(H,54,62)(H,55,59)(H,56,60);2*1H/t33-,38+,39?,40-,41-,42-,43-,44-;;/m0../s1. The summed E-state index contributed by atoms with van der Waals surface area (Å²) in [6.07, 6.45) is 9.04. The molecule has 0 bridgehead atoms. The molecule has 8 atom stereocenters. The minimum atomic E-state index is -1.03. The number of carbonyl (C=O) groups excluding carboxylic acids is 6. The molecule has 2 aliphatic heterocycles. The molecule has 16 heteroatoms. The molecule has 2 aromatic rings. The van der Waals surface area contributed by atoms with Gasteiger partial charge in [0.25, 0.3) is 0 Å². The summed E-state index contributed by atoms with van der Waals surface area (Å²) in [5.41, 5.74) is 4.68. The van der Waals surface area contributed by atoms with Gasteiger partial charge in [0.2, 0.25) is 35.4 Å². The minimum Gasteiger partial charge on any atom is -0.347 e. The molecule has 0 radical (unpaired) electrons. The first-order chi connectivity index (χ1) is 31.0. The molecule has 0 spiro atoms. The molecule has 6 amide bonds. The van der Waals surface area contributed by atoms with Crippen molar-refractivity contribution in [2.75, 3.05) is 27.2 Å². The number of hydrogen-bond acceptors (Lipinski definition) is 8. The van der Waals surface area contributed by atoms with E-state index in [0.29, 0.717) is 45.2 Å². The lowest BCUT2D eigenvalue weighted by Crippen LogP contribution is -2.56. The zero-order valence-corrected chi connectivity index (χ0v) is 40.3. The Labute approximate surface area is 402 Å². The molecule has 4 aliphatic rings. The van der Waals surface area contributed by atoms with Gasteiger partial charge in [-0.05, 0) is 126 Å². The van der Waals surface area contributed by atoms with Gasteiger partial charge in [0.15, 0.2) is 0 Å². The maximum atomic E-state index is 14.3. The molecule has 0 aromatic heterocycles. The second-order valence-electron chi connectivity index (χ2n) is 17.5. The molecule has 2 fully saturated rings. The zero-order chi connectivity index (χ0) is 45.6. The fourth-order valence-electron chi connectivity index (χ4n) is 9.54. The van der Waals surface area contributed by atoms with Gasteiger partial charge in [-0.15, -0.1) is 24.8 Å². The number of halogens is 2. The summed E-state index contributed by atoms with van der Waals surface area (Å²) >= 11 is 0. The summed E-state index contributed by atoms with van der Waals surface area (Å²) in [5.74, 6) is 9.55. The quantitative estimate of drug-likeness (QED) is 0.137. The van der Waals surface area contributed by atoms with E-state index in [2.05, 4.69) is 79.8 Å². The largest absolute Gasteiger partial charge is 0.347 e. The number of carbonyl (C=O) groups is 6. The van der Waals surface area contributed by atoms with Crippen LogP contribution in [0.1, 0.15) is 125 Å². The molecule has 66 heavy (non-hydrogen) atoms. The van der Waals surface area contributed by atoms with E-state index in [9.17, 15) is 28.8 Å². The highest BCUT2D eigenvalue weighted by molar-refractivity contribution is 5.95. The molecule has 14 nitrogen and oxygen atoms in total. The van der Waals surface area contributed by atoms with E-state index in [1.54, 1.807) is 30.8 Å². The van der Waals surface area contributed by atoms with Gasteiger partial charge in [-0.1, -0.05) is 73.7 Å². The van der Waals surface area contributed by atoms with Crippen molar-refractivity contribution in [2.24, 2.45) is 0 Å². The topological polar surface area (TPSA) is 181 Å². The van der Waals surface area contributed by atoms with Crippen LogP contribution in [0.4, 0.5) is 0 Å². The Morgan fingerprint density at radius 2 is 1.08 bits per heavy atom. The van der Waals surface area contributed by atoms with Gasteiger partial charge in [0, 0.05) is 25.9 Å². The van der Waals surface area contributed by atoms with Crippen LogP contribution in [-0.4, -0.2) is 109 Å². The predicted molar refractivity (Wildman–Crippen MR) is 259 cm³/mol. The SMILES string of the molecule is CCC[C@H](NC)C(=O)N[C@@H](CC#CC#CC[C@H](NC(=O)[C@H](C)NC)C(=O)N1CCC[C@H]1C(=O)N[C@@H]1CCCc2ccccc21)C(=O)N1CCC[C@H]1C(=O)NC1CCCc2ccccc21.Cl.Cl. The maximum Gasteiger partial charge on any atom is 0.246 e. The van der Waals surface area contributed by atoms with E-state index >= 15 is 0 Å². The van der Waals surface area contributed by atoms with Crippen molar-refractivity contribution in [3.05, 3.63) is 70.8 Å². The monoisotopic (exact) mass is 946 g/mol. The van der Waals surface area contributed by atoms with Gasteiger partial charge in [-0.25, -0.2) is 0 Å². The van der Waals surface area contributed by atoms with Crippen molar-refractivity contribution in [3.8, 4) is 23.7 Å². The molecule has 2 heterocycles. The van der Waals surface area contributed by atoms with Crippen LogP contribution in [0.5, 0.6) is 0 Å². The average molecular weight is 948 g/mol. The lowest BCUT2D eigenvalue weighted by Gasteiger charge is -2.31. The third-order valence-corrected chi connectivity index (χ3v) is 13.2. The third kappa shape index (κ3) is 13.5. The van der Waals surface area contributed by atoms with Crippen molar-refractivity contribution in [1.82, 2.24) is 41.7 Å². The fourth-order valence-corrected chi connectivity index (χ4v) is 9.54. The van der Waals surface area contributed by atoms with Crippen LogP contribution in [0.15, 0.2) is 48.5 Å². The first-order valence-corrected chi connectivity index (χ1v) is 23.3. The van der Waals surface area contributed by atoms with Crippen molar-refractivity contribution >= 4 is 60.3 Å². The number of aryl methyl sites for hydroxylation is 2. The van der Waals surface area contributed by atoms with Crippen LogP contribution in [-0.2, 0) is 41.6 Å². The van der Waals surface area contributed by atoms with E-state index in [-0.39, 0.29) is 79.3 Å². The molecular formula is C50H68Cl2N8O6. The number of rotatable bonds is 16. The van der Waals surface area contributed by atoms with Gasteiger partial charge in [-0.2, -0.15) is 0 Å². The first kappa shape index (κ1) is 53.5. The molecule has 2 aliphatic carbocycles.